The van der Waals surface area contributed by atoms with E-state index in [0.717, 1.165) is 5.56 Å². The Morgan fingerprint density at radius 2 is 1.63 bits per heavy atom. The number of nitrogens with one attached hydrogen (secondary N) is 2. The Labute approximate surface area is 177 Å². The number of carbonyl (C=O) groups excluding carboxylic acids is 1. The molecule has 0 spiro atoms. The lowest BCUT2D eigenvalue weighted by Gasteiger charge is -2.16. The van der Waals surface area contributed by atoms with Gasteiger partial charge in [-0.3, -0.25) is 9.52 Å². The molecule has 1 amide bonds. The number of amides is 1. The van der Waals surface area contributed by atoms with Gasteiger partial charge in [-0.25, -0.2) is 8.42 Å². The molecule has 6 nitrogen and oxygen atoms in total. The summed E-state index contributed by atoms with van der Waals surface area (Å²) < 4.78 is 33.8. The zero-order valence-corrected chi connectivity index (χ0v) is 17.9. The summed E-state index contributed by atoms with van der Waals surface area (Å²) in [7, 11) is -2.45. The zero-order valence-electron chi connectivity index (χ0n) is 17.0. The van der Waals surface area contributed by atoms with E-state index in [9.17, 15) is 13.2 Å². The quantitative estimate of drug-likeness (QED) is 0.592. The smallest absolute Gasteiger partial charge is 0.262 e. The van der Waals surface area contributed by atoms with Gasteiger partial charge in [0.15, 0.2) is 0 Å². The molecular weight excluding hydrogens is 400 g/mol. The number of methoxy groups -OCH3 is 1. The first-order valence-corrected chi connectivity index (χ1v) is 10.9. The number of ether oxygens (including phenoxy) is 1. The van der Waals surface area contributed by atoms with Gasteiger partial charge >= 0.3 is 0 Å². The molecule has 0 aliphatic rings. The van der Waals surface area contributed by atoms with Crippen molar-refractivity contribution in [3.63, 3.8) is 0 Å². The lowest BCUT2D eigenvalue weighted by atomic mass is 10.1. The molecule has 30 heavy (non-hydrogen) atoms. The molecule has 0 aromatic heterocycles. The number of anilines is 1. The Kier molecular flexibility index (Phi) is 6.42. The summed E-state index contributed by atoms with van der Waals surface area (Å²) >= 11 is 0. The van der Waals surface area contributed by atoms with E-state index in [2.05, 4.69) is 10.0 Å². The van der Waals surface area contributed by atoms with Gasteiger partial charge in [0.1, 0.15) is 5.75 Å². The van der Waals surface area contributed by atoms with E-state index in [-0.39, 0.29) is 22.4 Å². The Morgan fingerprint density at radius 3 is 2.33 bits per heavy atom. The third-order valence-corrected chi connectivity index (χ3v) is 6.25. The lowest BCUT2D eigenvalue weighted by molar-refractivity contribution is 0.0939. The lowest BCUT2D eigenvalue weighted by Crippen LogP contribution is -2.27. The standard InChI is InChI=1S/C23H24N2O4S/c1-16-13-14-19(23(26)24-17(2)18-9-5-4-6-10-18)15-22(16)30(27,28)25-20-11-7-8-12-21(20)29-3/h4-15,17,25H,1-3H3,(H,24,26). The van der Waals surface area contributed by atoms with E-state index in [1.807, 2.05) is 37.3 Å². The van der Waals surface area contributed by atoms with Crippen molar-refractivity contribution in [3.05, 3.63) is 89.5 Å². The van der Waals surface area contributed by atoms with Crippen LogP contribution in [-0.4, -0.2) is 21.4 Å². The summed E-state index contributed by atoms with van der Waals surface area (Å²) in [5.41, 5.74) is 2.09. The van der Waals surface area contributed by atoms with Gasteiger partial charge in [-0.2, -0.15) is 0 Å². The van der Waals surface area contributed by atoms with E-state index >= 15 is 0 Å². The second kappa shape index (κ2) is 9.00. The van der Waals surface area contributed by atoms with Gasteiger partial charge in [0, 0.05) is 5.56 Å². The molecule has 1 atom stereocenters. The summed E-state index contributed by atoms with van der Waals surface area (Å²) in [6.07, 6.45) is 0. The van der Waals surface area contributed by atoms with Crippen molar-refractivity contribution in [2.24, 2.45) is 0 Å². The third-order valence-electron chi connectivity index (χ3n) is 4.74. The van der Waals surface area contributed by atoms with Crippen molar-refractivity contribution < 1.29 is 17.9 Å². The summed E-state index contributed by atoms with van der Waals surface area (Å²) in [6.45, 7) is 3.56. The van der Waals surface area contributed by atoms with Crippen LogP contribution < -0.4 is 14.8 Å². The molecule has 0 aliphatic carbocycles. The van der Waals surface area contributed by atoms with Crippen LogP contribution in [0.25, 0.3) is 0 Å². The fourth-order valence-electron chi connectivity index (χ4n) is 3.06. The van der Waals surface area contributed by atoms with Crippen LogP contribution in [0, 0.1) is 6.92 Å². The first-order valence-electron chi connectivity index (χ1n) is 9.44. The molecule has 0 bridgehead atoms. The minimum Gasteiger partial charge on any atom is -0.495 e. The van der Waals surface area contributed by atoms with E-state index < -0.39 is 10.0 Å². The van der Waals surface area contributed by atoms with Gasteiger partial charge in [-0.05, 0) is 49.2 Å². The SMILES string of the molecule is COc1ccccc1NS(=O)(=O)c1cc(C(=O)NC(C)c2ccccc2)ccc1C. The van der Waals surface area contributed by atoms with Crippen LogP contribution in [0.5, 0.6) is 5.75 Å². The minimum atomic E-state index is -3.92. The largest absolute Gasteiger partial charge is 0.495 e. The number of sulfonamides is 1. The Morgan fingerprint density at radius 1 is 0.967 bits per heavy atom. The van der Waals surface area contributed by atoms with Crippen molar-refractivity contribution >= 4 is 21.6 Å². The average molecular weight is 425 g/mol. The number of hydrogen-bond donors (Lipinski definition) is 2. The molecule has 2 N–H and O–H groups in total. The maximum atomic E-state index is 13.0. The highest BCUT2D eigenvalue weighted by atomic mass is 32.2. The molecule has 1 unspecified atom stereocenters. The topological polar surface area (TPSA) is 84.5 Å². The number of para-hydroxylation sites is 2. The van der Waals surface area contributed by atoms with Crippen LogP contribution in [0.4, 0.5) is 5.69 Å². The monoisotopic (exact) mass is 424 g/mol. The maximum absolute atomic E-state index is 13.0. The number of carbonyl (C=O) groups is 1. The van der Waals surface area contributed by atoms with Crippen LogP contribution in [0.15, 0.2) is 77.7 Å². The molecule has 0 fully saturated rings. The predicted molar refractivity (Wildman–Crippen MR) is 117 cm³/mol. The second-order valence-electron chi connectivity index (χ2n) is 6.89. The molecule has 156 valence electrons. The van der Waals surface area contributed by atoms with Crippen molar-refractivity contribution in [2.75, 3.05) is 11.8 Å². The molecule has 0 heterocycles. The Bertz CT molecular complexity index is 1140. The molecular formula is C23H24N2O4S. The fraction of sp³-hybridized carbons (Fsp3) is 0.174. The van der Waals surface area contributed by atoms with Crippen LogP contribution in [-0.2, 0) is 10.0 Å². The van der Waals surface area contributed by atoms with Crippen LogP contribution >= 0.6 is 0 Å². The Hall–Kier alpha value is -3.32. The minimum absolute atomic E-state index is 0.0356. The molecule has 0 aliphatic heterocycles. The highest BCUT2D eigenvalue weighted by molar-refractivity contribution is 7.92. The highest BCUT2D eigenvalue weighted by Gasteiger charge is 2.21. The van der Waals surface area contributed by atoms with Crippen LogP contribution in [0.1, 0.15) is 34.5 Å². The normalized spacial score (nSPS) is 12.1. The Balaban J connectivity index is 1.86. The second-order valence-corrected chi connectivity index (χ2v) is 8.54. The highest BCUT2D eigenvalue weighted by Crippen LogP contribution is 2.27. The average Bonchev–Trinajstić information content (AvgIpc) is 2.74. The number of aryl methyl sites for hydroxylation is 1. The van der Waals surface area contributed by atoms with Crippen molar-refractivity contribution in [3.8, 4) is 5.75 Å². The number of rotatable bonds is 7. The number of benzene rings is 3. The van der Waals surface area contributed by atoms with Crippen molar-refractivity contribution in [2.45, 2.75) is 24.8 Å². The van der Waals surface area contributed by atoms with E-state index in [1.54, 1.807) is 43.3 Å². The molecule has 3 rings (SSSR count). The first kappa shape index (κ1) is 21.4. The number of hydrogen-bond acceptors (Lipinski definition) is 4. The summed E-state index contributed by atoms with van der Waals surface area (Å²) in [5, 5.41) is 2.90. The van der Waals surface area contributed by atoms with Gasteiger partial charge in [-0.1, -0.05) is 48.5 Å². The predicted octanol–water partition coefficient (Wildman–Crippen LogP) is 4.30. The summed E-state index contributed by atoms with van der Waals surface area (Å²) in [4.78, 5) is 12.8. The summed E-state index contributed by atoms with van der Waals surface area (Å²) in [5.74, 6) is 0.0596. The van der Waals surface area contributed by atoms with Gasteiger partial charge in [-0.15, -0.1) is 0 Å². The van der Waals surface area contributed by atoms with E-state index in [4.69, 9.17) is 4.74 Å². The van der Waals surface area contributed by atoms with E-state index in [1.165, 1.54) is 13.2 Å². The van der Waals surface area contributed by atoms with Gasteiger partial charge in [0.25, 0.3) is 15.9 Å². The molecule has 3 aromatic carbocycles. The van der Waals surface area contributed by atoms with Gasteiger partial charge in [0.05, 0.1) is 23.7 Å². The van der Waals surface area contributed by atoms with E-state index in [0.29, 0.717) is 17.0 Å². The van der Waals surface area contributed by atoms with Gasteiger partial charge < -0.3 is 10.1 Å². The van der Waals surface area contributed by atoms with Crippen molar-refractivity contribution in [1.82, 2.24) is 5.32 Å². The molecule has 0 radical (unpaired) electrons. The molecule has 7 heteroatoms. The third kappa shape index (κ3) is 4.80. The molecule has 3 aromatic rings. The summed E-state index contributed by atoms with van der Waals surface area (Å²) in [6, 6.07) is 20.7. The molecule has 0 saturated heterocycles. The van der Waals surface area contributed by atoms with Crippen molar-refractivity contribution in [1.29, 1.82) is 0 Å². The van der Waals surface area contributed by atoms with Crippen LogP contribution in [0.2, 0.25) is 0 Å². The fourth-order valence-corrected chi connectivity index (χ4v) is 4.41. The zero-order chi connectivity index (χ0) is 21.7. The first-order chi connectivity index (χ1) is 14.3. The maximum Gasteiger partial charge on any atom is 0.262 e. The van der Waals surface area contributed by atoms with Gasteiger partial charge in [0.2, 0.25) is 0 Å². The van der Waals surface area contributed by atoms with Crippen LogP contribution in [0.3, 0.4) is 0 Å². The molecule has 0 saturated carbocycles.